The Balaban J connectivity index is 2.07. The van der Waals surface area contributed by atoms with E-state index >= 15 is 0 Å². The van der Waals surface area contributed by atoms with Crippen molar-refractivity contribution in [1.29, 1.82) is 0 Å². The molecule has 16 heavy (non-hydrogen) atoms. The van der Waals surface area contributed by atoms with Crippen molar-refractivity contribution in [3.8, 4) is 0 Å². The summed E-state index contributed by atoms with van der Waals surface area (Å²) in [6.07, 6.45) is 3.81. The van der Waals surface area contributed by atoms with E-state index in [2.05, 4.69) is 29.2 Å². The average Bonchev–Trinajstić information content (AvgIpc) is 3.01. The highest BCUT2D eigenvalue weighted by Crippen LogP contribution is 2.44. The number of hydrogen-bond acceptors (Lipinski definition) is 4. The molecule has 0 radical (unpaired) electrons. The minimum Gasteiger partial charge on any atom is -0.329 e. The molecule has 1 aromatic heterocycles. The standard InChI is InChI=1S/C12H21N3S/c1-3-12(8-13,10-4-5-10)15(2)6-11-7-16-9-14-11/h7,9-10H,3-6,8,13H2,1-2H3. The molecule has 1 atom stereocenters. The van der Waals surface area contributed by atoms with Gasteiger partial charge in [0.25, 0.3) is 0 Å². The maximum Gasteiger partial charge on any atom is 0.0795 e. The van der Waals surface area contributed by atoms with Crippen LogP contribution in [-0.2, 0) is 6.54 Å². The minimum atomic E-state index is 0.198. The highest BCUT2D eigenvalue weighted by atomic mass is 32.1. The summed E-state index contributed by atoms with van der Waals surface area (Å²) in [4.78, 5) is 6.77. The van der Waals surface area contributed by atoms with Crippen LogP contribution < -0.4 is 5.73 Å². The molecule has 1 unspecified atom stereocenters. The molecule has 0 saturated heterocycles. The van der Waals surface area contributed by atoms with Gasteiger partial charge in [-0.05, 0) is 32.2 Å². The summed E-state index contributed by atoms with van der Waals surface area (Å²) < 4.78 is 0. The van der Waals surface area contributed by atoms with Crippen LogP contribution in [0.3, 0.4) is 0 Å². The predicted octanol–water partition coefficient (Wildman–Crippen LogP) is 2.09. The molecule has 2 N–H and O–H groups in total. The third kappa shape index (κ3) is 2.14. The van der Waals surface area contributed by atoms with E-state index < -0.39 is 0 Å². The molecule has 3 nitrogen and oxygen atoms in total. The number of rotatable bonds is 6. The van der Waals surface area contributed by atoms with E-state index in [-0.39, 0.29) is 5.54 Å². The zero-order valence-electron chi connectivity index (χ0n) is 10.1. The van der Waals surface area contributed by atoms with Crippen molar-refractivity contribution in [3.05, 3.63) is 16.6 Å². The normalized spacial score (nSPS) is 20.0. The van der Waals surface area contributed by atoms with Crippen LogP contribution in [-0.4, -0.2) is 29.0 Å². The molecule has 2 rings (SSSR count). The highest BCUT2D eigenvalue weighted by Gasteiger charge is 2.45. The van der Waals surface area contributed by atoms with Crippen molar-refractivity contribution in [2.24, 2.45) is 11.7 Å². The van der Waals surface area contributed by atoms with Crippen LogP contribution in [0.25, 0.3) is 0 Å². The first kappa shape index (κ1) is 12.0. The Bertz CT molecular complexity index is 315. The Morgan fingerprint density at radius 3 is 2.81 bits per heavy atom. The molecular formula is C12H21N3S. The van der Waals surface area contributed by atoms with Gasteiger partial charge in [-0.25, -0.2) is 4.98 Å². The molecule has 0 amide bonds. The van der Waals surface area contributed by atoms with Crippen molar-refractivity contribution in [1.82, 2.24) is 9.88 Å². The molecular weight excluding hydrogens is 218 g/mol. The topological polar surface area (TPSA) is 42.1 Å². The fourth-order valence-corrected chi connectivity index (χ4v) is 3.22. The zero-order valence-corrected chi connectivity index (χ0v) is 11.0. The zero-order chi connectivity index (χ0) is 11.6. The predicted molar refractivity (Wildman–Crippen MR) is 68.4 cm³/mol. The molecule has 0 aliphatic heterocycles. The molecule has 90 valence electrons. The van der Waals surface area contributed by atoms with Gasteiger partial charge in [0.15, 0.2) is 0 Å². The molecule has 1 aliphatic rings. The van der Waals surface area contributed by atoms with E-state index in [1.54, 1.807) is 11.3 Å². The Kier molecular flexibility index (Phi) is 3.62. The van der Waals surface area contributed by atoms with E-state index in [9.17, 15) is 0 Å². The molecule has 1 saturated carbocycles. The minimum absolute atomic E-state index is 0.198. The number of nitrogens with zero attached hydrogens (tertiary/aromatic N) is 2. The fourth-order valence-electron chi connectivity index (χ4n) is 2.67. The first-order chi connectivity index (χ1) is 7.73. The third-order valence-electron chi connectivity index (χ3n) is 3.95. The van der Waals surface area contributed by atoms with Crippen LogP contribution in [0.2, 0.25) is 0 Å². The number of hydrogen-bond donors (Lipinski definition) is 1. The number of likely N-dealkylation sites (N-methyl/N-ethyl adjacent to an activating group) is 1. The summed E-state index contributed by atoms with van der Waals surface area (Å²) in [5, 5.41) is 2.13. The SMILES string of the molecule is CCC(CN)(C1CC1)N(C)Cc1cscn1. The van der Waals surface area contributed by atoms with Crippen LogP contribution >= 0.6 is 11.3 Å². The van der Waals surface area contributed by atoms with Crippen LogP contribution in [0, 0.1) is 5.92 Å². The van der Waals surface area contributed by atoms with Gasteiger partial charge in [-0.3, -0.25) is 4.90 Å². The number of thiazole rings is 1. The maximum absolute atomic E-state index is 6.03. The molecule has 1 aromatic rings. The Morgan fingerprint density at radius 2 is 2.38 bits per heavy atom. The van der Waals surface area contributed by atoms with E-state index in [4.69, 9.17) is 5.73 Å². The van der Waals surface area contributed by atoms with Gasteiger partial charge < -0.3 is 5.73 Å². The monoisotopic (exact) mass is 239 g/mol. The molecule has 0 bridgehead atoms. The van der Waals surface area contributed by atoms with Crippen LogP contribution in [0.4, 0.5) is 0 Å². The average molecular weight is 239 g/mol. The van der Waals surface area contributed by atoms with E-state index in [1.807, 2.05) is 5.51 Å². The first-order valence-corrected chi connectivity index (χ1v) is 6.95. The lowest BCUT2D eigenvalue weighted by Gasteiger charge is -2.41. The smallest absolute Gasteiger partial charge is 0.0795 e. The molecule has 0 aromatic carbocycles. The molecule has 0 spiro atoms. The third-order valence-corrected chi connectivity index (χ3v) is 4.58. The quantitative estimate of drug-likeness (QED) is 0.826. The first-order valence-electron chi connectivity index (χ1n) is 6.01. The second kappa shape index (κ2) is 4.82. The molecule has 1 aliphatic carbocycles. The lowest BCUT2D eigenvalue weighted by molar-refractivity contribution is 0.0881. The van der Waals surface area contributed by atoms with E-state index in [0.29, 0.717) is 0 Å². The van der Waals surface area contributed by atoms with E-state index in [0.717, 1.165) is 25.4 Å². The Morgan fingerprint density at radius 1 is 1.62 bits per heavy atom. The second-order valence-electron chi connectivity index (χ2n) is 4.77. The summed E-state index contributed by atoms with van der Waals surface area (Å²) in [7, 11) is 2.19. The van der Waals surface area contributed by atoms with Crippen molar-refractivity contribution in [3.63, 3.8) is 0 Å². The molecule has 1 fully saturated rings. The van der Waals surface area contributed by atoms with Crippen molar-refractivity contribution in [2.75, 3.05) is 13.6 Å². The summed E-state index contributed by atoms with van der Waals surface area (Å²) in [6, 6.07) is 0. The maximum atomic E-state index is 6.03. The van der Waals surface area contributed by atoms with Gasteiger partial charge in [-0.15, -0.1) is 11.3 Å². The van der Waals surface area contributed by atoms with Crippen molar-refractivity contribution in [2.45, 2.75) is 38.3 Å². The summed E-state index contributed by atoms with van der Waals surface area (Å²) >= 11 is 1.66. The number of nitrogens with two attached hydrogens (primary N) is 1. The van der Waals surface area contributed by atoms with Gasteiger partial charge in [-0.2, -0.15) is 0 Å². The number of aromatic nitrogens is 1. The van der Waals surface area contributed by atoms with Crippen LogP contribution in [0.1, 0.15) is 31.9 Å². The van der Waals surface area contributed by atoms with Crippen molar-refractivity contribution >= 4 is 11.3 Å². The Hall–Kier alpha value is -0.450. The summed E-state index contributed by atoms with van der Waals surface area (Å²) in [5.74, 6) is 0.797. The highest BCUT2D eigenvalue weighted by molar-refractivity contribution is 7.07. The van der Waals surface area contributed by atoms with Gasteiger partial charge in [0.2, 0.25) is 0 Å². The summed E-state index contributed by atoms with van der Waals surface area (Å²) in [5.41, 5.74) is 9.29. The Labute approximate surface area is 102 Å². The fraction of sp³-hybridized carbons (Fsp3) is 0.750. The van der Waals surface area contributed by atoms with Crippen LogP contribution in [0.5, 0.6) is 0 Å². The van der Waals surface area contributed by atoms with Gasteiger partial charge >= 0.3 is 0 Å². The lowest BCUT2D eigenvalue weighted by atomic mass is 9.88. The van der Waals surface area contributed by atoms with Gasteiger partial charge in [0.05, 0.1) is 11.2 Å². The van der Waals surface area contributed by atoms with Gasteiger partial charge in [0, 0.05) is 24.0 Å². The van der Waals surface area contributed by atoms with Crippen LogP contribution in [0.15, 0.2) is 10.9 Å². The van der Waals surface area contributed by atoms with Gasteiger partial charge in [-0.1, -0.05) is 6.92 Å². The molecule has 1 heterocycles. The lowest BCUT2D eigenvalue weighted by Crippen LogP contribution is -2.53. The second-order valence-corrected chi connectivity index (χ2v) is 5.49. The molecule has 4 heteroatoms. The van der Waals surface area contributed by atoms with E-state index in [1.165, 1.54) is 18.5 Å². The van der Waals surface area contributed by atoms with Crippen molar-refractivity contribution < 1.29 is 0 Å². The largest absolute Gasteiger partial charge is 0.329 e. The summed E-state index contributed by atoms with van der Waals surface area (Å²) in [6.45, 7) is 3.93. The van der Waals surface area contributed by atoms with Gasteiger partial charge in [0.1, 0.15) is 0 Å².